The van der Waals surface area contributed by atoms with Gasteiger partial charge >= 0.3 is 5.97 Å². The number of benzene rings is 4. The summed E-state index contributed by atoms with van der Waals surface area (Å²) >= 11 is 0. The minimum absolute atomic E-state index is 0.0208. The van der Waals surface area contributed by atoms with Crippen molar-refractivity contribution in [2.75, 3.05) is 6.61 Å². The number of hydrogen-bond acceptors (Lipinski definition) is 3. The van der Waals surface area contributed by atoms with Crippen molar-refractivity contribution in [1.82, 2.24) is 0 Å². The monoisotopic (exact) mass is 488 g/mol. The molecule has 0 amide bonds. The molecule has 0 fully saturated rings. The van der Waals surface area contributed by atoms with Gasteiger partial charge in [0.05, 0.1) is 12.2 Å². The highest BCUT2D eigenvalue weighted by atomic mass is 19.2. The van der Waals surface area contributed by atoms with E-state index in [1.807, 2.05) is 31.2 Å². The molecule has 0 N–H and O–H groups in total. The highest BCUT2D eigenvalue weighted by Crippen LogP contribution is 2.32. The molecular formula is C30H23F3O3. The number of carbonyl (C=O) groups is 1. The van der Waals surface area contributed by atoms with Crippen LogP contribution in [0.5, 0.6) is 11.5 Å². The Morgan fingerprint density at radius 2 is 1.39 bits per heavy atom. The number of ether oxygens (including phenoxy) is 2. The van der Waals surface area contributed by atoms with Gasteiger partial charge < -0.3 is 9.47 Å². The van der Waals surface area contributed by atoms with E-state index in [-0.39, 0.29) is 28.2 Å². The molecule has 0 spiro atoms. The highest BCUT2D eigenvalue weighted by Gasteiger charge is 2.17. The largest absolute Gasteiger partial charge is 0.491 e. The number of halogens is 3. The second-order valence-electron chi connectivity index (χ2n) is 7.90. The van der Waals surface area contributed by atoms with Crippen LogP contribution >= 0.6 is 0 Å². The Bertz CT molecular complexity index is 1410. The van der Waals surface area contributed by atoms with E-state index in [9.17, 15) is 18.0 Å². The number of hydrogen-bond donors (Lipinski definition) is 0. The van der Waals surface area contributed by atoms with Gasteiger partial charge in [0.15, 0.2) is 23.2 Å². The third kappa shape index (κ3) is 5.33. The summed E-state index contributed by atoms with van der Waals surface area (Å²) in [4.78, 5) is 12.5. The third-order valence-corrected chi connectivity index (χ3v) is 5.51. The molecule has 0 saturated heterocycles. The lowest BCUT2D eigenvalue weighted by Crippen LogP contribution is -2.08. The van der Waals surface area contributed by atoms with Crippen LogP contribution in [0, 0.1) is 17.5 Å². The average molecular weight is 489 g/mol. The van der Waals surface area contributed by atoms with Gasteiger partial charge in [0.2, 0.25) is 0 Å². The fourth-order valence-corrected chi connectivity index (χ4v) is 3.73. The Labute approximate surface area is 207 Å². The molecule has 4 aromatic rings. The average Bonchev–Trinajstić information content (AvgIpc) is 2.88. The van der Waals surface area contributed by atoms with Crippen LogP contribution in [0.3, 0.4) is 0 Å². The molecule has 6 heteroatoms. The molecular weight excluding hydrogens is 465 g/mol. The molecule has 0 atom stereocenters. The number of allylic oxidation sites excluding steroid dienone is 1. The van der Waals surface area contributed by atoms with Crippen molar-refractivity contribution in [3.63, 3.8) is 0 Å². The van der Waals surface area contributed by atoms with Crippen LogP contribution < -0.4 is 9.47 Å². The predicted octanol–water partition coefficient (Wildman–Crippen LogP) is 8.09. The molecule has 4 rings (SSSR count). The predicted molar refractivity (Wildman–Crippen MR) is 134 cm³/mol. The van der Waals surface area contributed by atoms with Crippen LogP contribution in [-0.2, 0) is 0 Å². The van der Waals surface area contributed by atoms with E-state index in [4.69, 9.17) is 9.47 Å². The van der Waals surface area contributed by atoms with Crippen molar-refractivity contribution in [1.29, 1.82) is 0 Å². The Kier molecular flexibility index (Phi) is 7.54. The summed E-state index contributed by atoms with van der Waals surface area (Å²) in [6, 6.07) is 19.9. The lowest BCUT2D eigenvalue weighted by molar-refractivity contribution is 0.0734. The van der Waals surface area contributed by atoms with E-state index >= 15 is 0 Å². The maximum absolute atomic E-state index is 15.0. The molecule has 3 nitrogen and oxygen atoms in total. The normalized spacial score (nSPS) is 11.0. The minimum Gasteiger partial charge on any atom is -0.491 e. The maximum atomic E-state index is 15.0. The van der Waals surface area contributed by atoms with Gasteiger partial charge in [-0.15, -0.1) is 0 Å². The van der Waals surface area contributed by atoms with Gasteiger partial charge in [-0.1, -0.05) is 60.7 Å². The lowest BCUT2D eigenvalue weighted by atomic mass is 9.97. The van der Waals surface area contributed by atoms with Crippen molar-refractivity contribution in [2.45, 2.75) is 13.8 Å². The number of rotatable bonds is 7. The van der Waals surface area contributed by atoms with Crippen molar-refractivity contribution in [2.24, 2.45) is 0 Å². The van der Waals surface area contributed by atoms with E-state index in [1.165, 1.54) is 48.5 Å². The van der Waals surface area contributed by atoms with Crippen molar-refractivity contribution in [3.8, 4) is 33.8 Å². The highest BCUT2D eigenvalue weighted by molar-refractivity contribution is 5.91. The van der Waals surface area contributed by atoms with Crippen molar-refractivity contribution in [3.05, 3.63) is 114 Å². The molecule has 0 aliphatic heterocycles. The van der Waals surface area contributed by atoms with Gasteiger partial charge in [-0.25, -0.2) is 18.0 Å². The Balaban J connectivity index is 1.52. The molecule has 4 aromatic carbocycles. The van der Waals surface area contributed by atoms with Crippen LogP contribution in [0.25, 0.3) is 28.3 Å². The summed E-state index contributed by atoms with van der Waals surface area (Å²) in [7, 11) is 0. The lowest BCUT2D eigenvalue weighted by Gasteiger charge is -2.10. The molecule has 182 valence electrons. The fraction of sp³-hybridized carbons (Fsp3) is 0.100. The van der Waals surface area contributed by atoms with Crippen LogP contribution in [0.1, 0.15) is 29.8 Å². The standard InChI is InChI=1S/C30H23F3O3/c1-3-5-19-6-8-20(9-7-19)24-15-16-25(29(33)28(24)32)21-10-12-22(13-11-21)30(34)36-23-14-17-27(35-4-2)26(31)18-23/h3,5-18H,4H2,1-2H3/b5-3+. The third-order valence-electron chi connectivity index (χ3n) is 5.51. The Morgan fingerprint density at radius 3 is 1.92 bits per heavy atom. The molecule has 0 heterocycles. The van der Waals surface area contributed by atoms with Crippen LogP contribution in [-0.4, -0.2) is 12.6 Å². The summed E-state index contributed by atoms with van der Waals surface area (Å²) in [5.41, 5.74) is 2.32. The maximum Gasteiger partial charge on any atom is 0.343 e. The van der Waals surface area contributed by atoms with E-state index in [2.05, 4.69) is 0 Å². The fourth-order valence-electron chi connectivity index (χ4n) is 3.73. The van der Waals surface area contributed by atoms with Crippen molar-refractivity contribution >= 4 is 12.0 Å². The molecule has 0 aliphatic carbocycles. The minimum atomic E-state index is -0.981. The zero-order valence-electron chi connectivity index (χ0n) is 19.7. The first-order valence-electron chi connectivity index (χ1n) is 11.4. The molecule has 0 aromatic heterocycles. The topological polar surface area (TPSA) is 35.5 Å². The first-order valence-corrected chi connectivity index (χ1v) is 11.4. The Hall–Kier alpha value is -4.32. The number of carbonyl (C=O) groups excluding carboxylic acids is 1. The summed E-state index contributed by atoms with van der Waals surface area (Å²) in [5, 5.41) is 0. The SMILES string of the molecule is C/C=C/c1ccc(-c2ccc(-c3ccc(C(=O)Oc4ccc(OCC)c(F)c4)cc3)c(F)c2F)cc1. The summed E-state index contributed by atoms with van der Waals surface area (Å²) in [6.07, 6.45) is 3.81. The van der Waals surface area contributed by atoms with Gasteiger partial charge in [-0.2, -0.15) is 0 Å². The quantitative estimate of drug-likeness (QED) is 0.195. The van der Waals surface area contributed by atoms with Gasteiger partial charge in [0.1, 0.15) is 5.75 Å². The van der Waals surface area contributed by atoms with E-state index in [0.29, 0.717) is 17.7 Å². The van der Waals surface area contributed by atoms with Gasteiger partial charge in [0.25, 0.3) is 0 Å². The van der Waals surface area contributed by atoms with E-state index in [0.717, 1.165) is 11.6 Å². The molecule has 0 saturated carbocycles. The molecule has 36 heavy (non-hydrogen) atoms. The second kappa shape index (κ2) is 11.0. The van der Waals surface area contributed by atoms with Crippen LogP contribution in [0.2, 0.25) is 0 Å². The first-order chi connectivity index (χ1) is 17.4. The number of esters is 1. The Morgan fingerprint density at radius 1 is 0.806 bits per heavy atom. The molecule has 0 unspecified atom stereocenters. The van der Waals surface area contributed by atoms with E-state index in [1.54, 1.807) is 19.1 Å². The summed E-state index contributed by atoms with van der Waals surface area (Å²) in [6.45, 7) is 3.94. The summed E-state index contributed by atoms with van der Waals surface area (Å²) < 4.78 is 54.3. The van der Waals surface area contributed by atoms with Gasteiger partial charge in [-0.3, -0.25) is 0 Å². The van der Waals surface area contributed by atoms with Gasteiger partial charge in [-0.05, 0) is 54.8 Å². The molecule has 0 aliphatic rings. The van der Waals surface area contributed by atoms with Crippen molar-refractivity contribution < 1.29 is 27.4 Å². The first kappa shape index (κ1) is 24.8. The molecule has 0 radical (unpaired) electrons. The van der Waals surface area contributed by atoms with Gasteiger partial charge in [0, 0.05) is 17.2 Å². The molecule has 0 bridgehead atoms. The zero-order valence-corrected chi connectivity index (χ0v) is 19.7. The van der Waals surface area contributed by atoms with E-state index < -0.39 is 23.4 Å². The van der Waals surface area contributed by atoms with Crippen LogP contribution in [0.15, 0.2) is 84.9 Å². The smallest absolute Gasteiger partial charge is 0.343 e. The zero-order chi connectivity index (χ0) is 25.7. The summed E-state index contributed by atoms with van der Waals surface area (Å²) in [5.74, 6) is -3.21. The van der Waals surface area contributed by atoms with Crippen LogP contribution in [0.4, 0.5) is 13.2 Å². The second-order valence-corrected chi connectivity index (χ2v) is 7.90.